The van der Waals surface area contributed by atoms with Crippen molar-refractivity contribution in [2.24, 2.45) is 5.92 Å². The molecule has 1 aromatic rings. The van der Waals surface area contributed by atoms with E-state index in [2.05, 4.69) is 10.6 Å². The Kier molecular flexibility index (Phi) is 7.15. The molecule has 0 aliphatic rings. The van der Waals surface area contributed by atoms with Gasteiger partial charge in [0.05, 0.1) is 0 Å². The summed E-state index contributed by atoms with van der Waals surface area (Å²) >= 11 is 0. The van der Waals surface area contributed by atoms with Crippen molar-refractivity contribution in [1.29, 1.82) is 0 Å². The first-order valence-electron chi connectivity index (χ1n) is 7.37. The van der Waals surface area contributed by atoms with Crippen LogP contribution in [-0.4, -0.2) is 25.1 Å². The standard InChI is InChI=1S/C16H25FN2O2/c1-5-18-10-13-8-14(17)6-7-15(13)21-12(4)16(20)19-9-11(2)3/h6-8,11-12,18H,5,9-10H2,1-4H3,(H,19,20). The van der Waals surface area contributed by atoms with Crippen molar-refractivity contribution < 1.29 is 13.9 Å². The predicted octanol–water partition coefficient (Wildman–Crippen LogP) is 2.47. The minimum atomic E-state index is -0.616. The molecule has 21 heavy (non-hydrogen) atoms. The van der Waals surface area contributed by atoms with Gasteiger partial charge in [-0.15, -0.1) is 0 Å². The zero-order valence-electron chi connectivity index (χ0n) is 13.2. The minimum absolute atomic E-state index is 0.164. The summed E-state index contributed by atoms with van der Waals surface area (Å²) in [6, 6.07) is 4.33. The number of hydrogen-bond donors (Lipinski definition) is 2. The van der Waals surface area contributed by atoms with Crippen LogP contribution in [0.25, 0.3) is 0 Å². The molecule has 0 fully saturated rings. The summed E-state index contributed by atoms with van der Waals surface area (Å²) in [7, 11) is 0. The molecule has 1 rings (SSSR count). The Bertz CT molecular complexity index is 464. The van der Waals surface area contributed by atoms with E-state index in [0.29, 0.717) is 30.3 Å². The van der Waals surface area contributed by atoms with Crippen molar-refractivity contribution in [2.45, 2.75) is 40.3 Å². The molecule has 0 aromatic heterocycles. The molecule has 0 bridgehead atoms. The summed E-state index contributed by atoms with van der Waals surface area (Å²) < 4.78 is 19.0. The van der Waals surface area contributed by atoms with Gasteiger partial charge in [-0.05, 0) is 37.6 Å². The van der Waals surface area contributed by atoms with E-state index in [9.17, 15) is 9.18 Å². The number of carbonyl (C=O) groups excluding carboxylic acids is 1. The van der Waals surface area contributed by atoms with Gasteiger partial charge >= 0.3 is 0 Å². The molecule has 0 saturated carbocycles. The number of rotatable bonds is 8. The summed E-state index contributed by atoms with van der Waals surface area (Å²) in [5.74, 6) is 0.440. The fourth-order valence-electron chi connectivity index (χ4n) is 1.75. The highest BCUT2D eigenvalue weighted by Gasteiger charge is 2.16. The van der Waals surface area contributed by atoms with Gasteiger partial charge in [-0.1, -0.05) is 20.8 Å². The van der Waals surface area contributed by atoms with Crippen LogP contribution in [0, 0.1) is 11.7 Å². The second-order valence-electron chi connectivity index (χ2n) is 5.43. The molecular formula is C16H25FN2O2. The van der Waals surface area contributed by atoms with Crippen LogP contribution in [-0.2, 0) is 11.3 Å². The van der Waals surface area contributed by atoms with Gasteiger partial charge in [0.25, 0.3) is 5.91 Å². The number of carbonyl (C=O) groups is 1. The van der Waals surface area contributed by atoms with Gasteiger partial charge in [-0.2, -0.15) is 0 Å². The Morgan fingerprint density at radius 1 is 1.33 bits per heavy atom. The second kappa shape index (κ2) is 8.62. The minimum Gasteiger partial charge on any atom is -0.481 e. The molecule has 1 unspecified atom stereocenters. The molecule has 4 nitrogen and oxygen atoms in total. The third-order valence-electron chi connectivity index (χ3n) is 2.95. The maximum absolute atomic E-state index is 13.3. The molecule has 0 aliphatic carbocycles. The maximum atomic E-state index is 13.3. The Labute approximate surface area is 126 Å². The van der Waals surface area contributed by atoms with Crippen LogP contribution in [0.4, 0.5) is 4.39 Å². The molecule has 0 radical (unpaired) electrons. The third-order valence-corrected chi connectivity index (χ3v) is 2.95. The van der Waals surface area contributed by atoms with Crippen LogP contribution in [0.15, 0.2) is 18.2 Å². The number of ether oxygens (including phenoxy) is 1. The van der Waals surface area contributed by atoms with Crippen LogP contribution in [0.1, 0.15) is 33.3 Å². The molecule has 1 aromatic carbocycles. The van der Waals surface area contributed by atoms with E-state index in [-0.39, 0.29) is 11.7 Å². The van der Waals surface area contributed by atoms with Gasteiger partial charge in [-0.3, -0.25) is 4.79 Å². The molecule has 1 amide bonds. The van der Waals surface area contributed by atoms with E-state index in [0.717, 1.165) is 6.54 Å². The lowest BCUT2D eigenvalue weighted by Crippen LogP contribution is -2.38. The number of hydrogen-bond acceptors (Lipinski definition) is 3. The lowest BCUT2D eigenvalue weighted by molar-refractivity contribution is -0.127. The normalized spacial score (nSPS) is 12.3. The van der Waals surface area contributed by atoms with E-state index in [1.807, 2.05) is 20.8 Å². The second-order valence-corrected chi connectivity index (χ2v) is 5.43. The van der Waals surface area contributed by atoms with E-state index >= 15 is 0 Å². The zero-order chi connectivity index (χ0) is 15.8. The smallest absolute Gasteiger partial charge is 0.260 e. The first-order chi connectivity index (χ1) is 9.93. The van der Waals surface area contributed by atoms with Crippen LogP contribution in [0.2, 0.25) is 0 Å². The molecule has 0 spiro atoms. The van der Waals surface area contributed by atoms with Crippen LogP contribution >= 0.6 is 0 Å². The highest BCUT2D eigenvalue weighted by molar-refractivity contribution is 5.80. The van der Waals surface area contributed by atoms with Crippen LogP contribution < -0.4 is 15.4 Å². The van der Waals surface area contributed by atoms with Crippen molar-refractivity contribution in [3.05, 3.63) is 29.6 Å². The molecule has 1 atom stereocenters. The monoisotopic (exact) mass is 296 g/mol. The van der Waals surface area contributed by atoms with Crippen molar-refractivity contribution in [1.82, 2.24) is 10.6 Å². The van der Waals surface area contributed by atoms with Crippen molar-refractivity contribution in [2.75, 3.05) is 13.1 Å². The lowest BCUT2D eigenvalue weighted by atomic mass is 10.2. The largest absolute Gasteiger partial charge is 0.481 e. The highest BCUT2D eigenvalue weighted by Crippen LogP contribution is 2.21. The highest BCUT2D eigenvalue weighted by atomic mass is 19.1. The Morgan fingerprint density at radius 3 is 2.67 bits per heavy atom. The molecule has 0 aliphatic heterocycles. The molecule has 2 N–H and O–H groups in total. The van der Waals surface area contributed by atoms with Crippen molar-refractivity contribution in [3.8, 4) is 5.75 Å². The molecular weight excluding hydrogens is 271 g/mol. The van der Waals surface area contributed by atoms with Crippen molar-refractivity contribution in [3.63, 3.8) is 0 Å². The topological polar surface area (TPSA) is 50.4 Å². The van der Waals surface area contributed by atoms with Gasteiger partial charge in [-0.25, -0.2) is 4.39 Å². The van der Waals surface area contributed by atoms with Crippen LogP contribution in [0.5, 0.6) is 5.75 Å². The molecule has 5 heteroatoms. The van der Waals surface area contributed by atoms with E-state index in [4.69, 9.17) is 4.74 Å². The molecule has 118 valence electrons. The Balaban J connectivity index is 2.70. The average molecular weight is 296 g/mol. The molecule has 0 heterocycles. The predicted molar refractivity (Wildman–Crippen MR) is 81.7 cm³/mol. The van der Waals surface area contributed by atoms with Crippen molar-refractivity contribution >= 4 is 5.91 Å². The Morgan fingerprint density at radius 2 is 2.05 bits per heavy atom. The summed E-state index contributed by atoms with van der Waals surface area (Å²) in [5, 5.41) is 5.95. The average Bonchev–Trinajstić information content (AvgIpc) is 2.44. The Hall–Kier alpha value is -1.62. The van der Waals surface area contributed by atoms with Gasteiger partial charge in [0.1, 0.15) is 11.6 Å². The maximum Gasteiger partial charge on any atom is 0.260 e. The van der Waals surface area contributed by atoms with E-state index < -0.39 is 6.10 Å². The third kappa shape index (κ3) is 6.12. The summed E-state index contributed by atoms with van der Waals surface area (Å²) in [6.07, 6.45) is -0.616. The molecule has 0 saturated heterocycles. The zero-order valence-corrected chi connectivity index (χ0v) is 13.2. The summed E-state index contributed by atoms with van der Waals surface area (Å²) in [4.78, 5) is 11.9. The SMILES string of the molecule is CCNCc1cc(F)ccc1OC(C)C(=O)NCC(C)C. The number of benzene rings is 1. The number of halogens is 1. The fourth-order valence-corrected chi connectivity index (χ4v) is 1.75. The first kappa shape index (κ1) is 17.4. The number of nitrogens with one attached hydrogen (secondary N) is 2. The van der Waals surface area contributed by atoms with Gasteiger partial charge in [0.15, 0.2) is 6.10 Å². The summed E-state index contributed by atoms with van der Waals surface area (Å²) in [5.41, 5.74) is 0.709. The van der Waals surface area contributed by atoms with Gasteiger partial charge in [0, 0.05) is 18.7 Å². The van der Waals surface area contributed by atoms with Crippen LogP contribution in [0.3, 0.4) is 0 Å². The van der Waals surface area contributed by atoms with E-state index in [1.165, 1.54) is 12.1 Å². The van der Waals surface area contributed by atoms with Gasteiger partial charge in [0.2, 0.25) is 0 Å². The van der Waals surface area contributed by atoms with E-state index in [1.54, 1.807) is 13.0 Å². The quantitative estimate of drug-likeness (QED) is 0.775. The number of amides is 1. The van der Waals surface area contributed by atoms with Gasteiger partial charge < -0.3 is 15.4 Å². The lowest BCUT2D eigenvalue weighted by Gasteiger charge is -2.18. The fraction of sp³-hybridized carbons (Fsp3) is 0.562. The first-order valence-corrected chi connectivity index (χ1v) is 7.37. The summed E-state index contributed by atoms with van der Waals surface area (Å²) in [6.45, 7) is 9.61.